The minimum atomic E-state index is -4.56. The summed E-state index contributed by atoms with van der Waals surface area (Å²) in [4.78, 5) is 11.5. The normalized spacial score (nSPS) is 11.8. The summed E-state index contributed by atoms with van der Waals surface area (Å²) >= 11 is 0. The molecule has 0 bridgehead atoms. The van der Waals surface area contributed by atoms with Crippen molar-refractivity contribution in [3.05, 3.63) is 66.6 Å². The van der Waals surface area contributed by atoms with E-state index in [1.807, 2.05) is 0 Å². The van der Waals surface area contributed by atoms with Crippen LogP contribution >= 0.6 is 0 Å². The molecule has 0 aliphatic carbocycles. The van der Waals surface area contributed by atoms with Crippen LogP contribution in [0, 0.1) is 5.82 Å². The third-order valence-corrected chi connectivity index (χ3v) is 4.19. The lowest BCUT2D eigenvalue weighted by Gasteiger charge is -2.09. The lowest BCUT2D eigenvalue weighted by molar-refractivity contribution is -0.141. The van der Waals surface area contributed by atoms with E-state index in [0.717, 1.165) is 6.07 Å². The fraction of sp³-hybridized carbons (Fsp3) is 0.105. The Morgan fingerprint density at radius 2 is 1.82 bits per heavy atom. The zero-order chi connectivity index (χ0) is 19.9. The molecule has 0 N–H and O–H groups in total. The van der Waals surface area contributed by atoms with Crippen molar-refractivity contribution in [1.82, 2.24) is 19.4 Å². The van der Waals surface area contributed by atoms with Gasteiger partial charge >= 0.3 is 6.18 Å². The highest BCUT2D eigenvalue weighted by Crippen LogP contribution is 2.32. The van der Waals surface area contributed by atoms with Gasteiger partial charge in [-0.3, -0.25) is 9.38 Å². The molecule has 0 unspecified atom stereocenters. The molecule has 4 aromatic rings. The van der Waals surface area contributed by atoms with E-state index < -0.39 is 17.7 Å². The SMILES string of the molecule is COc1cncc(-c2cc(-c3cnc4nc(C(F)(F)F)ccn34)ccc2F)c1. The molecule has 0 spiro atoms. The van der Waals surface area contributed by atoms with Crippen LogP contribution in [0.3, 0.4) is 0 Å². The molecular formula is C19H12F4N4O. The van der Waals surface area contributed by atoms with Crippen LogP contribution in [0.4, 0.5) is 17.6 Å². The minimum Gasteiger partial charge on any atom is -0.495 e. The fourth-order valence-electron chi connectivity index (χ4n) is 2.83. The molecule has 0 aliphatic rings. The van der Waals surface area contributed by atoms with Gasteiger partial charge in [-0.2, -0.15) is 13.2 Å². The Morgan fingerprint density at radius 3 is 2.57 bits per heavy atom. The Bertz CT molecular complexity index is 1170. The summed E-state index contributed by atoms with van der Waals surface area (Å²) in [5.74, 6) is -0.0927. The number of aromatic nitrogens is 4. The van der Waals surface area contributed by atoms with Gasteiger partial charge in [-0.25, -0.2) is 14.4 Å². The van der Waals surface area contributed by atoms with E-state index in [0.29, 0.717) is 22.6 Å². The molecule has 0 aliphatic heterocycles. The second-order valence-electron chi connectivity index (χ2n) is 5.93. The predicted molar refractivity (Wildman–Crippen MR) is 93.2 cm³/mol. The number of ether oxygens (including phenoxy) is 1. The number of benzene rings is 1. The Kier molecular flexibility index (Phi) is 4.21. The lowest BCUT2D eigenvalue weighted by atomic mass is 10.0. The van der Waals surface area contributed by atoms with Crippen molar-refractivity contribution in [3.63, 3.8) is 0 Å². The average Bonchev–Trinajstić information content (AvgIpc) is 3.11. The van der Waals surface area contributed by atoms with E-state index in [9.17, 15) is 17.6 Å². The van der Waals surface area contributed by atoms with Gasteiger partial charge in [-0.15, -0.1) is 0 Å². The molecule has 0 saturated carbocycles. The van der Waals surface area contributed by atoms with E-state index in [-0.39, 0.29) is 11.3 Å². The van der Waals surface area contributed by atoms with Crippen molar-refractivity contribution in [3.8, 4) is 28.1 Å². The smallest absolute Gasteiger partial charge is 0.433 e. The topological polar surface area (TPSA) is 52.3 Å². The van der Waals surface area contributed by atoms with Crippen LogP contribution in [0.1, 0.15) is 5.69 Å². The maximum absolute atomic E-state index is 14.4. The van der Waals surface area contributed by atoms with Crippen molar-refractivity contribution in [2.45, 2.75) is 6.18 Å². The number of imidazole rings is 1. The molecule has 0 fully saturated rings. The van der Waals surface area contributed by atoms with Crippen LogP contribution in [-0.2, 0) is 6.18 Å². The van der Waals surface area contributed by atoms with Gasteiger partial charge in [0.05, 0.1) is 25.2 Å². The van der Waals surface area contributed by atoms with Gasteiger partial charge in [0.2, 0.25) is 5.78 Å². The van der Waals surface area contributed by atoms with Crippen LogP contribution in [0.5, 0.6) is 5.75 Å². The molecule has 1 aromatic carbocycles. The van der Waals surface area contributed by atoms with Gasteiger partial charge in [0.25, 0.3) is 0 Å². The highest BCUT2D eigenvalue weighted by atomic mass is 19.4. The standard InChI is InChI=1S/C19H12F4N4O/c1-28-13-6-12(8-24-9-13)14-7-11(2-3-15(14)20)16-10-25-18-26-17(19(21,22)23)4-5-27(16)18/h2-10H,1H3. The van der Waals surface area contributed by atoms with E-state index in [1.54, 1.807) is 12.1 Å². The number of rotatable bonds is 3. The minimum absolute atomic E-state index is 0.0984. The second-order valence-corrected chi connectivity index (χ2v) is 5.93. The maximum Gasteiger partial charge on any atom is 0.433 e. The summed E-state index contributed by atoms with van der Waals surface area (Å²) in [7, 11) is 1.48. The van der Waals surface area contributed by atoms with Crippen LogP contribution in [-0.4, -0.2) is 26.5 Å². The van der Waals surface area contributed by atoms with Crippen molar-refractivity contribution in [2.75, 3.05) is 7.11 Å². The van der Waals surface area contributed by atoms with E-state index in [1.165, 1.54) is 48.4 Å². The summed E-state index contributed by atoms with van der Waals surface area (Å²) in [6.07, 6.45) is 1.07. The van der Waals surface area contributed by atoms with Crippen LogP contribution < -0.4 is 4.74 Å². The summed E-state index contributed by atoms with van der Waals surface area (Å²) in [5.41, 5.74) is 0.796. The second kappa shape index (κ2) is 6.59. The molecule has 0 atom stereocenters. The lowest BCUT2D eigenvalue weighted by Crippen LogP contribution is -2.09. The molecule has 3 aromatic heterocycles. The fourth-order valence-corrected chi connectivity index (χ4v) is 2.83. The molecule has 28 heavy (non-hydrogen) atoms. The quantitative estimate of drug-likeness (QED) is 0.481. The number of alkyl halides is 3. The Balaban J connectivity index is 1.82. The van der Waals surface area contributed by atoms with E-state index in [2.05, 4.69) is 15.0 Å². The molecule has 0 saturated heterocycles. The molecule has 4 rings (SSSR count). The largest absolute Gasteiger partial charge is 0.495 e. The Labute approximate surface area is 156 Å². The third kappa shape index (κ3) is 3.15. The maximum atomic E-state index is 14.4. The van der Waals surface area contributed by atoms with E-state index >= 15 is 0 Å². The first-order chi connectivity index (χ1) is 13.4. The molecule has 0 radical (unpaired) electrons. The molecule has 9 heteroatoms. The Morgan fingerprint density at radius 1 is 1.00 bits per heavy atom. The molecule has 0 amide bonds. The summed E-state index contributed by atoms with van der Waals surface area (Å²) < 4.78 is 59.4. The Hall–Kier alpha value is -3.49. The van der Waals surface area contributed by atoms with Gasteiger partial charge in [-0.05, 0) is 30.3 Å². The molecule has 142 valence electrons. The first-order valence-electron chi connectivity index (χ1n) is 8.07. The highest BCUT2D eigenvalue weighted by Gasteiger charge is 2.33. The number of pyridine rings is 1. The summed E-state index contributed by atoms with van der Waals surface area (Å²) in [5, 5.41) is 0. The van der Waals surface area contributed by atoms with Crippen molar-refractivity contribution >= 4 is 5.78 Å². The van der Waals surface area contributed by atoms with Gasteiger partial charge in [-0.1, -0.05) is 0 Å². The monoisotopic (exact) mass is 388 g/mol. The number of methoxy groups -OCH3 is 1. The number of halogens is 4. The summed E-state index contributed by atoms with van der Waals surface area (Å²) in [6, 6.07) is 6.89. The van der Waals surface area contributed by atoms with Gasteiger partial charge in [0.15, 0.2) is 0 Å². The van der Waals surface area contributed by atoms with Crippen molar-refractivity contribution in [2.24, 2.45) is 0 Å². The van der Waals surface area contributed by atoms with Crippen LogP contribution in [0.25, 0.3) is 28.2 Å². The first-order valence-corrected chi connectivity index (χ1v) is 8.07. The molecular weight excluding hydrogens is 376 g/mol. The van der Waals surface area contributed by atoms with Gasteiger partial charge in [0.1, 0.15) is 17.3 Å². The first kappa shape index (κ1) is 17.9. The molecule has 5 nitrogen and oxygen atoms in total. The van der Waals surface area contributed by atoms with Crippen molar-refractivity contribution in [1.29, 1.82) is 0 Å². The van der Waals surface area contributed by atoms with Gasteiger partial charge in [0, 0.05) is 29.1 Å². The number of hydrogen-bond acceptors (Lipinski definition) is 4. The third-order valence-electron chi connectivity index (χ3n) is 4.19. The number of nitrogens with zero attached hydrogens (tertiary/aromatic N) is 4. The zero-order valence-corrected chi connectivity index (χ0v) is 14.4. The number of fused-ring (bicyclic) bond motifs is 1. The van der Waals surface area contributed by atoms with Gasteiger partial charge < -0.3 is 4.74 Å². The highest BCUT2D eigenvalue weighted by molar-refractivity contribution is 5.73. The zero-order valence-electron chi connectivity index (χ0n) is 14.4. The predicted octanol–water partition coefficient (Wildman–Crippen LogP) is 4.62. The average molecular weight is 388 g/mol. The molecule has 3 heterocycles. The van der Waals surface area contributed by atoms with Crippen LogP contribution in [0.2, 0.25) is 0 Å². The number of hydrogen-bond donors (Lipinski definition) is 0. The summed E-state index contributed by atoms with van der Waals surface area (Å²) in [6.45, 7) is 0. The van der Waals surface area contributed by atoms with Crippen LogP contribution in [0.15, 0.2) is 55.1 Å². The van der Waals surface area contributed by atoms with Crippen molar-refractivity contribution < 1.29 is 22.3 Å². The van der Waals surface area contributed by atoms with E-state index in [4.69, 9.17) is 4.74 Å².